The van der Waals surface area contributed by atoms with Gasteiger partial charge in [-0.05, 0) is 26.2 Å². The molecule has 1 heterocycles. The first-order valence-corrected chi connectivity index (χ1v) is 5.02. The zero-order chi connectivity index (χ0) is 8.81. The molecule has 0 N–H and O–H groups in total. The molecule has 1 rings (SSSR count). The van der Waals surface area contributed by atoms with Crippen molar-refractivity contribution in [1.29, 1.82) is 0 Å². The van der Waals surface area contributed by atoms with Crippen molar-refractivity contribution in [3.05, 3.63) is 0 Å². The number of hydrogen-bond acceptors (Lipinski definition) is 2. The molecule has 1 aliphatic rings. The van der Waals surface area contributed by atoms with E-state index in [9.17, 15) is 0 Å². The predicted octanol–water partition coefficient (Wildman–Crippen LogP) is 2.77. The van der Waals surface area contributed by atoms with Crippen LogP contribution in [0.3, 0.4) is 0 Å². The summed E-state index contributed by atoms with van der Waals surface area (Å²) in [6, 6.07) is 0.457. The predicted molar refractivity (Wildman–Crippen MR) is 51.6 cm³/mol. The lowest BCUT2D eigenvalue weighted by Crippen LogP contribution is -2.07. The number of aliphatic imine (C=N–C) groups is 1. The van der Waals surface area contributed by atoms with Gasteiger partial charge in [0.15, 0.2) is 5.90 Å². The second kappa shape index (κ2) is 5.18. The van der Waals surface area contributed by atoms with Crippen LogP contribution in [0.2, 0.25) is 0 Å². The van der Waals surface area contributed by atoms with E-state index < -0.39 is 0 Å². The lowest BCUT2D eigenvalue weighted by molar-refractivity contribution is 0.287. The first-order chi connectivity index (χ1) is 5.83. The van der Waals surface area contributed by atoms with E-state index in [1.54, 1.807) is 0 Å². The van der Waals surface area contributed by atoms with E-state index in [0.29, 0.717) is 6.04 Å². The first-order valence-electron chi connectivity index (χ1n) is 5.02. The molecule has 0 aliphatic carbocycles. The normalized spacial score (nSPS) is 26.2. The Labute approximate surface area is 75.0 Å². The van der Waals surface area contributed by atoms with Crippen LogP contribution in [0.1, 0.15) is 46.0 Å². The Kier molecular flexibility index (Phi) is 4.12. The molecule has 2 nitrogen and oxygen atoms in total. The van der Waals surface area contributed by atoms with E-state index in [2.05, 4.69) is 18.8 Å². The van der Waals surface area contributed by atoms with E-state index in [0.717, 1.165) is 18.9 Å². The monoisotopic (exact) mass is 169 g/mol. The van der Waals surface area contributed by atoms with Crippen LogP contribution in [-0.4, -0.2) is 18.5 Å². The van der Waals surface area contributed by atoms with Crippen LogP contribution in [-0.2, 0) is 4.74 Å². The highest BCUT2D eigenvalue weighted by molar-refractivity contribution is 5.75. The Morgan fingerprint density at radius 3 is 3.00 bits per heavy atom. The number of rotatable bonds is 1. The molecule has 0 aromatic rings. The molecule has 0 radical (unpaired) electrons. The van der Waals surface area contributed by atoms with Crippen LogP contribution in [0.5, 0.6) is 0 Å². The van der Waals surface area contributed by atoms with Crippen molar-refractivity contribution in [2.45, 2.75) is 52.0 Å². The Morgan fingerprint density at radius 2 is 2.25 bits per heavy atom. The summed E-state index contributed by atoms with van der Waals surface area (Å²) < 4.78 is 5.53. The molecular formula is C10H19NO. The first kappa shape index (κ1) is 9.56. The third-order valence-corrected chi connectivity index (χ3v) is 2.20. The van der Waals surface area contributed by atoms with E-state index in [1.807, 2.05) is 0 Å². The smallest absolute Gasteiger partial charge is 0.183 e. The highest BCUT2D eigenvalue weighted by Gasteiger charge is 2.05. The van der Waals surface area contributed by atoms with Crippen LogP contribution in [0.4, 0.5) is 0 Å². The van der Waals surface area contributed by atoms with Crippen LogP contribution in [0.15, 0.2) is 4.99 Å². The molecule has 0 aromatic heterocycles. The molecule has 0 amide bonds. The van der Waals surface area contributed by atoms with Gasteiger partial charge in [0.2, 0.25) is 0 Å². The Hall–Kier alpha value is -0.530. The van der Waals surface area contributed by atoms with Gasteiger partial charge in [0.1, 0.15) is 0 Å². The zero-order valence-electron chi connectivity index (χ0n) is 8.18. The van der Waals surface area contributed by atoms with Gasteiger partial charge in [-0.3, -0.25) is 4.99 Å². The number of nitrogens with zero attached hydrogens (tertiary/aromatic N) is 1. The molecule has 70 valence electrons. The van der Waals surface area contributed by atoms with E-state index >= 15 is 0 Å². The number of ether oxygens (including phenoxy) is 1. The van der Waals surface area contributed by atoms with E-state index in [4.69, 9.17) is 4.74 Å². The topological polar surface area (TPSA) is 21.6 Å². The van der Waals surface area contributed by atoms with Crippen molar-refractivity contribution in [1.82, 2.24) is 0 Å². The molecule has 2 heteroatoms. The van der Waals surface area contributed by atoms with Gasteiger partial charge in [-0.2, -0.15) is 0 Å². The van der Waals surface area contributed by atoms with E-state index in [-0.39, 0.29) is 0 Å². The van der Waals surface area contributed by atoms with Gasteiger partial charge in [-0.1, -0.05) is 13.3 Å². The van der Waals surface area contributed by atoms with Crippen molar-refractivity contribution in [2.75, 3.05) is 6.61 Å². The summed E-state index contributed by atoms with van der Waals surface area (Å²) in [6.07, 6.45) is 5.92. The zero-order valence-corrected chi connectivity index (χ0v) is 8.18. The summed E-state index contributed by atoms with van der Waals surface area (Å²) >= 11 is 0. The maximum absolute atomic E-state index is 5.53. The van der Waals surface area contributed by atoms with Crippen LogP contribution in [0, 0.1) is 0 Å². The summed E-state index contributed by atoms with van der Waals surface area (Å²) in [6.45, 7) is 5.13. The Balaban J connectivity index is 2.49. The summed E-state index contributed by atoms with van der Waals surface area (Å²) in [7, 11) is 0. The molecule has 1 unspecified atom stereocenters. The Morgan fingerprint density at radius 1 is 1.42 bits per heavy atom. The lowest BCUT2D eigenvalue weighted by Gasteiger charge is -2.07. The van der Waals surface area contributed by atoms with Crippen LogP contribution >= 0.6 is 0 Å². The minimum absolute atomic E-state index is 0.457. The molecule has 0 bridgehead atoms. The largest absolute Gasteiger partial charge is 0.481 e. The molecule has 0 saturated carbocycles. The minimum atomic E-state index is 0.457. The highest BCUT2D eigenvalue weighted by Crippen LogP contribution is 2.10. The summed E-state index contributed by atoms with van der Waals surface area (Å²) in [5, 5.41) is 0. The second-order valence-corrected chi connectivity index (χ2v) is 3.42. The molecule has 0 spiro atoms. The molecule has 12 heavy (non-hydrogen) atoms. The average Bonchev–Trinajstić information content (AvgIpc) is 2.16. The molecular weight excluding hydrogens is 150 g/mol. The van der Waals surface area contributed by atoms with Gasteiger partial charge in [0.05, 0.1) is 12.6 Å². The van der Waals surface area contributed by atoms with Crippen LogP contribution < -0.4 is 0 Å². The summed E-state index contributed by atoms with van der Waals surface area (Å²) in [5.41, 5.74) is 0. The van der Waals surface area contributed by atoms with Crippen molar-refractivity contribution in [2.24, 2.45) is 4.99 Å². The fourth-order valence-corrected chi connectivity index (χ4v) is 1.45. The minimum Gasteiger partial charge on any atom is -0.481 e. The maximum atomic E-state index is 5.53. The number of hydrogen-bond donors (Lipinski definition) is 0. The van der Waals surface area contributed by atoms with Crippen LogP contribution in [0.25, 0.3) is 0 Å². The standard InChI is InChI=1S/C10H19NO/c1-3-10-11-9(2)7-5-4-6-8-12-10/h9H,3-8H2,1-2H3. The molecule has 1 aliphatic heterocycles. The average molecular weight is 169 g/mol. The van der Waals surface area contributed by atoms with Gasteiger partial charge in [0.25, 0.3) is 0 Å². The molecule has 1 atom stereocenters. The van der Waals surface area contributed by atoms with Gasteiger partial charge in [-0.25, -0.2) is 0 Å². The fraction of sp³-hybridized carbons (Fsp3) is 0.900. The second-order valence-electron chi connectivity index (χ2n) is 3.42. The Bertz CT molecular complexity index is 154. The summed E-state index contributed by atoms with van der Waals surface area (Å²) in [5.74, 6) is 0.949. The van der Waals surface area contributed by atoms with E-state index in [1.165, 1.54) is 25.7 Å². The van der Waals surface area contributed by atoms with Gasteiger partial charge >= 0.3 is 0 Å². The van der Waals surface area contributed by atoms with Gasteiger partial charge in [-0.15, -0.1) is 0 Å². The molecule has 0 fully saturated rings. The molecule has 0 aromatic carbocycles. The van der Waals surface area contributed by atoms with Crippen molar-refractivity contribution < 1.29 is 4.74 Å². The fourth-order valence-electron chi connectivity index (χ4n) is 1.45. The van der Waals surface area contributed by atoms with Gasteiger partial charge in [0, 0.05) is 6.42 Å². The van der Waals surface area contributed by atoms with Gasteiger partial charge < -0.3 is 4.74 Å². The highest BCUT2D eigenvalue weighted by atomic mass is 16.5. The SMILES string of the molecule is CCC1=NC(C)CCCCCO1. The van der Waals surface area contributed by atoms with Crippen molar-refractivity contribution in [3.8, 4) is 0 Å². The quantitative estimate of drug-likeness (QED) is 0.591. The maximum Gasteiger partial charge on any atom is 0.183 e. The summed E-state index contributed by atoms with van der Waals surface area (Å²) in [4.78, 5) is 4.51. The molecule has 0 saturated heterocycles. The third-order valence-electron chi connectivity index (χ3n) is 2.20. The van der Waals surface area contributed by atoms with Crippen molar-refractivity contribution in [3.63, 3.8) is 0 Å². The third kappa shape index (κ3) is 3.24. The van der Waals surface area contributed by atoms with Crippen molar-refractivity contribution >= 4 is 5.90 Å². The lowest BCUT2D eigenvalue weighted by atomic mass is 10.1.